The molecule has 0 aliphatic carbocycles. The maximum atomic E-state index is 11.9. The van der Waals surface area contributed by atoms with Crippen molar-refractivity contribution in [2.75, 3.05) is 0 Å². The Bertz CT molecular complexity index is 734. The zero-order valence-corrected chi connectivity index (χ0v) is 12.2. The molecule has 0 saturated carbocycles. The van der Waals surface area contributed by atoms with Gasteiger partial charge in [0.2, 0.25) is 0 Å². The number of carbonyl (C=O) groups is 1. The van der Waals surface area contributed by atoms with Crippen LogP contribution in [0.4, 0.5) is 0 Å². The van der Waals surface area contributed by atoms with Gasteiger partial charge in [-0.3, -0.25) is 4.79 Å². The Hall–Kier alpha value is -2.11. The summed E-state index contributed by atoms with van der Waals surface area (Å²) >= 11 is 1.56. The number of H-pyrrole nitrogens is 1. The average Bonchev–Trinajstić information content (AvgIpc) is 3.15. The van der Waals surface area contributed by atoms with Crippen molar-refractivity contribution in [2.24, 2.45) is 5.73 Å². The third-order valence-electron chi connectivity index (χ3n) is 3.35. The Kier molecular flexibility index (Phi) is 4.03. The van der Waals surface area contributed by atoms with Crippen LogP contribution in [0.5, 0.6) is 0 Å². The Morgan fingerprint density at radius 3 is 2.95 bits per heavy atom. The zero-order chi connectivity index (χ0) is 14.7. The number of rotatable bonds is 5. The van der Waals surface area contributed by atoms with Crippen LogP contribution < -0.4 is 5.73 Å². The van der Waals surface area contributed by atoms with Crippen molar-refractivity contribution in [1.82, 2.24) is 4.98 Å². The van der Waals surface area contributed by atoms with Crippen molar-refractivity contribution < 1.29 is 9.53 Å². The highest BCUT2D eigenvalue weighted by atomic mass is 32.1. The Morgan fingerprint density at radius 2 is 2.14 bits per heavy atom. The van der Waals surface area contributed by atoms with Gasteiger partial charge in [0, 0.05) is 28.4 Å². The van der Waals surface area contributed by atoms with Crippen LogP contribution in [0.15, 0.2) is 48.0 Å². The SMILES string of the molecule is NC(Cc1c[nH]c2ccccc12)C(=O)OCc1cccs1. The van der Waals surface area contributed by atoms with Crippen LogP contribution in [0.3, 0.4) is 0 Å². The number of esters is 1. The number of thiophene rings is 1. The summed E-state index contributed by atoms with van der Waals surface area (Å²) in [5.41, 5.74) is 8.04. The number of hydrogen-bond donors (Lipinski definition) is 2. The first-order valence-electron chi connectivity index (χ1n) is 6.73. The average molecular weight is 300 g/mol. The lowest BCUT2D eigenvalue weighted by Crippen LogP contribution is -2.34. The molecule has 3 rings (SSSR count). The number of benzene rings is 1. The molecule has 0 fully saturated rings. The second kappa shape index (κ2) is 6.11. The monoisotopic (exact) mass is 300 g/mol. The van der Waals surface area contributed by atoms with Crippen LogP contribution in [-0.2, 0) is 22.6 Å². The second-order valence-electron chi connectivity index (χ2n) is 4.86. The third kappa shape index (κ3) is 3.15. The minimum absolute atomic E-state index is 0.290. The summed E-state index contributed by atoms with van der Waals surface area (Å²) in [6, 6.07) is 11.2. The molecule has 3 N–H and O–H groups in total. The number of hydrogen-bond acceptors (Lipinski definition) is 4. The maximum absolute atomic E-state index is 11.9. The number of aromatic amines is 1. The highest BCUT2D eigenvalue weighted by molar-refractivity contribution is 7.09. The quantitative estimate of drug-likeness (QED) is 0.712. The van der Waals surface area contributed by atoms with Crippen molar-refractivity contribution in [3.63, 3.8) is 0 Å². The minimum atomic E-state index is -0.649. The van der Waals surface area contributed by atoms with Gasteiger partial charge in [0.25, 0.3) is 0 Å². The predicted octanol–water partition coefficient (Wildman–Crippen LogP) is 2.84. The van der Waals surface area contributed by atoms with Gasteiger partial charge in [0.05, 0.1) is 0 Å². The van der Waals surface area contributed by atoms with Crippen LogP contribution in [0.2, 0.25) is 0 Å². The van der Waals surface area contributed by atoms with Gasteiger partial charge in [-0.25, -0.2) is 0 Å². The van der Waals surface area contributed by atoms with Crippen molar-refractivity contribution in [1.29, 1.82) is 0 Å². The molecule has 0 aliphatic rings. The molecule has 4 nitrogen and oxygen atoms in total. The van der Waals surface area contributed by atoms with Crippen molar-refractivity contribution in [2.45, 2.75) is 19.1 Å². The number of carbonyl (C=O) groups excluding carboxylic acids is 1. The summed E-state index contributed by atoms with van der Waals surface area (Å²) < 4.78 is 5.25. The van der Waals surface area contributed by atoms with Gasteiger partial charge in [-0.2, -0.15) is 0 Å². The minimum Gasteiger partial charge on any atom is -0.459 e. The molecule has 0 bridgehead atoms. The Morgan fingerprint density at radius 1 is 1.29 bits per heavy atom. The van der Waals surface area contributed by atoms with Crippen molar-refractivity contribution in [3.05, 3.63) is 58.4 Å². The van der Waals surface area contributed by atoms with E-state index in [-0.39, 0.29) is 12.6 Å². The van der Waals surface area contributed by atoms with Gasteiger partial charge in [0.15, 0.2) is 0 Å². The molecular formula is C16H16N2O2S. The second-order valence-corrected chi connectivity index (χ2v) is 5.89. The fraction of sp³-hybridized carbons (Fsp3) is 0.188. The van der Waals surface area contributed by atoms with Gasteiger partial charge in [-0.1, -0.05) is 24.3 Å². The van der Waals surface area contributed by atoms with E-state index >= 15 is 0 Å². The summed E-state index contributed by atoms with van der Waals surface area (Å²) in [7, 11) is 0. The molecule has 21 heavy (non-hydrogen) atoms. The number of para-hydroxylation sites is 1. The highest BCUT2D eigenvalue weighted by Gasteiger charge is 2.17. The van der Waals surface area contributed by atoms with Crippen LogP contribution in [0, 0.1) is 0 Å². The molecule has 0 amide bonds. The van der Waals surface area contributed by atoms with E-state index < -0.39 is 6.04 Å². The third-order valence-corrected chi connectivity index (χ3v) is 4.20. The van der Waals surface area contributed by atoms with Gasteiger partial charge in [0.1, 0.15) is 12.6 Å². The van der Waals surface area contributed by atoms with E-state index in [1.807, 2.05) is 48.0 Å². The standard InChI is InChI=1S/C16H16N2O2S/c17-14(16(19)20-10-12-4-3-7-21-12)8-11-9-18-15-6-2-1-5-13(11)15/h1-7,9,14,18H,8,10,17H2. The summed E-state index contributed by atoms with van der Waals surface area (Å²) in [6.07, 6.45) is 2.37. The number of nitrogens with one attached hydrogen (secondary N) is 1. The molecule has 3 aromatic rings. The molecule has 0 aliphatic heterocycles. The number of fused-ring (bicyclic) bond motifs is 1. The first-order chi connectivity index (χ1) is 10.2. The van der Waals surface area contributed by atoms with Gasteiger partial charge in [-0.15, -0.1) is 11.3 Å². The summed E-state index contributed by atoms with van der Waals surface area (Å²) in [6.45, 7) is 0.290. The lowest BCUT2D eigenvalue weighted by atomic mass is 10.1. The lowest BCUT2D eigenvalue weighted by Gasteiger charge is -2.10. The van der Waals surface area contributed by atoms with Crippen LogP contribution >= 0.6 is 11.3 Å². The predicted molar refractivity (Wildman–Crippen MR) is 84.1 cm³/mol. The maximum Gasteiger partial charge on any atom is 0.323 e. The topological polar surface area (TPSA) is 68.1 Å². The molecule has 1 atom stereocenters. The Balaban J connectivity index is 1.62. The van der Waals surface area contributed by atoms with Crippen LogP contribution in [-0.4, -0.2) is 17.0 Å². The van der Waals surface area contributed by atoms with E-state index in [2.05, 4.69) is 4.98 Å². The molecule has 1 aromatic carbocycles. The van der Waals surface area contributed by atoms with Crippen molar-refractivity contribution >= 4 is 28.2 Å². The first-order valence-corrected chi connectivity index (χ1v) is 7.61. The largest absolute Gasteiger partial charge is 0.459 e. The van der Waals surface area contributed by atoms with Crippen molar-refractivity contribution in [3.8, 4) is 0 Å². The highest BCUT2D eigenvalue weighted by Crippen LogP contribution is 2.19. The molecule has 2 heterocycles. The summed E-state index contributed by atoms with van der Waals surface area (Å²) in [5, 5.41) is 3.05. The van der Waals surface area contributed by atoms with Gasteiger partial charge >= 0.3 is 5.97 Å². The van der Waals surface area contributed by atoms with Gasteiger partial charge in [-0.05, 0) is 23.1 Å². The molecule has 1 unspecified atom stereocenters. The number of nitrogens with two attached hydrogens (primary N) is 1. The molecule has 108 valence electrons. The molecule has 0 radical (unpaired) electrons. The van der Waals surface area contributed by atoms with E-state index in [4.69, 9.17) is 10.5 Å². The van der Waals surface area contributed by atoms with E-state index in [1.54, 1.807) is 11.3 Å². The smallest absolute Gasteiger partial charge is 0.323 e. The first kappa shape index (κ1) is 13.9. The molecule has 0 saturated heterocycles. The molecule has 2 aromatic heterocycles. The fourth-order valence-electron chi connectivity index (χ4n) is 2.26. The van der Waals surface area contributed by atoms with E-state index in [1.165, 1.54) is 0 Å². The van der Waals surface area contributed by atoms with Crippen LogP contribution in [0.1, 0.15) is 10.4 Å². The van der Waals surface area contributed by atoms with E-state index in [0.717, 1.165) is 21.3 Å². The van der Waals surface area contributed by atoms with Gasteiger partial charge < -0.3 is 15.5 Å². The normalized spacial score (nSPS) is 12.4. The molecular weight excluding hydrogens is 284 g/mol. The molecule has 0 spiro atoms. The number of aromatic nitrogens is 1. The Labute approximate surface area is 126 Å². The fourth-order valence-corrected chi connectivity index (χ4v) is 2.88. The van der Waals surface area contributed by atoms with Crippen LogP contribution in [0.25, 0.3) is 10.9 Å². The summed E-state index contributed by atoms with van der Waals surface area (Å²) in [4.78, 5) is 16.1. The van der Waals surface area contributed by atoms with E-state index in [0.29, 0.717) is 6.42 Å². The van der Waals surface area contributed by atoms with E-state index in [9.17, 15) is 4.79 Å². The number of ether oxygens (including phenoxy) is 1. The zero-order valence-electron chi connectivity index (χ0n) is 11.4. The lowest BCUT2D eigenvalue weighted by molar-refractivity contribution is -0.146. The molecule has 5 heteroatoms. The summed E-state index contributed by atoms with van der Waals surface area (Å²) in [5.74, 6) is -0.367.